The summed E-state index contributed by atoms with van der Waals surface area (Å²) in [5.74, 6) is 1.28. The van der Waals surface area contributed by atoms with Gasteiger partial charge in [-0.2, -0.15) is 4.98 Å². The van der Waals surface area contributed by atoms with E-state index in [1.807, 2.05) is 11.3 Å². The van der Waals surface area contributed by atoms with E-state index in [0.717, 1.165) is 0 Å². The molecular weight excluding hydrogens is 339 g/mol. The van der Waals surface area contributed by atoms with Crippen LogP contribution in [0.4, 0.5) is 5.82 Å². The van der Waals surface area contributed by atoms with Crippen LogP contribution in [0.1, 0.15) is 23.3 Å². The van der Waals surface area contributed by atoms with Crippen molar-refractivity contribution in [2.45, 2.75) is 25.7 Å². The fraction of sp³-hybridized carbons (Fsp3) is 0.600. The molecule has 122 valence electrons. The van der Waals surface area contributed by atoms with Gasteiger partial charge >= 0.3 is 0 Å². The summed E-state index contributed by atoms with van der Waals surface area (Å²) in [6.45, 7) is 4.88. The van der Waals surface area contributed by atoms with Crippen LogP contribution in [0.2, 0.25) is 0 Å². The van der Waals surface area contributed by atoms with E-state index in [1.54, 1.807) is 26.6 Å². The average Bonchev–Trinajstić information content (AvgIpc) is 2.86. The summed E-state index contributed by atoms with van der Waals surface area (Å²) < 4.78 is 0. The van der Waals surface area contributed by atoms with Crippen molar-refractivity contribution in [1.82, 2.24) is 9.97 Å². The number of rotatable bonds is 1. The van der Waals surface area contributed by atoms with E-state index in [2.05, 4.69) is 17.0 Å². The predicted octanol–water partition coefficient (Wildman–Crippen LogP) is -6.38. The third-order valence-corrected chi connectivity index (χ3v) is 5.99. The van der Waals surface area contributed by atoms with Gasteiger partial charge < -0.3 is 29.7 Å². The molecule has 1 saturated heterocycles. The topological polar surface area (TPSA) is 34.7 Å². The first-order valence-corrected chi connectivity index (χ1v) is 8.56. The van der Waals surface area contributed by atoms with E-state index >= 15 is 0 Å². The maximum absolute atomic E-state index is 4.69. The zero-order valence-electron chi connectivity index (χ0n) is 12.8. The molecule has 22 heavy (non-hydrogen) atoms. The van der Waals surface area contributed by atoms with E-state index in [4.69, 9.17) is 0 Å². The van der Waals surface area contributed by atoms with Crippen molar-refractivity contribution < 1.29 is 34.6 Å². The smallest absolute Gasteiger partial charge is 0.238 e. The highest BCUT2D eigenvalue weighted by molar-refractivity contribution is 7.18. The average molecular weight is 361 g/mol. The lowest BCUT2D eigenvalue weighted by atomic mass is 9.97. The van der Waals surface area contributed by atoms with Crippen molar-refractivity contribution in [2.24, 2.45) is 0 Å². The summed E-state index contributed by atoms with van der Waals surface area (Å²) >= 11 is 1.91. The van der Waals surface area contributed by atoms with E-state index in [1.165, 1.54) is 67.9 Å². The fourth-order valence-corrected chi connectivity index (χ4v) is 4.80. The van der Waals surface area contributed by atoms with E-state index in [9.17, 15) is 0 Å². The van der Waals surface area contributed by atoms with Crippen molar-refractivity contribution >= 4 is 27.4 Å². The van der Waals surface area contributed by atoms with Gasteiger partial charge in [-0.1, -0.05) is 0 Å². The zero-order chi connectivity index (χ0) is 13.5. The molecule has 4 nitrogen and oxygen atoms in total. The summed E-state index contributed by atoms with van der Waals surface area (Å²) in [5.41, 5.74) is 1.57. The normalized spacial score (nSPS) is 24.2. The molecule has 0 atom stereocenters. The second-order valence-corrected chi connectivity index (χ2v) is 7.26. The van der Waals surface area contributed by atoms with Crippen LogP contribution in [0.5, 0.6) is 0 Å². The van der Waals surface area contributed by atoms with Crippen LogP contribution in [0.15, 0.2) is 6.33 Å². The number of piperazine rings is 1. The first kappa shape index (κ1) is 17.9. The Morgan fingerprint density at radius 2 is 1.73 bits per heavy atom. The molecule has 0 radical (unpaired) electrons. The van der Waals surface area contributed by atoms with E-state index in [-0.39, 0.29) is 24.8 Å². The van der Waals surface area contributed by atoms with Crippen molar-refractivity contribution in [1.29, 1.82) is 0 Å². The monoisotopic (exact) mass is 360 g/mol. The number of thiophene rings is 1. The first-order valence-electron chi connectivity index (χ1n) is 7.74. The number of hydrogen-bond donors (Lipinski definition) is 2. The molecule has 2 N–H and O–H groups in total. The van der Waals surface area contributed by atoms with Crippen LogP contribution < -0.4 is 34.6 Å². The molecule has 0 amide bonds. The summed E-state index contributed by atoms with van der Waals surface area (Å²) in [5, 5.41) is 1.40. The Hall–Kier alpha value is -0.460. The Morgan fingerprint density at radius 1 is 1.00 bits per heavy atom. The third-order valence-electron chi connectivity index (χ3n) is 4.79. The molecule has 2 aromatic heterocycles. The molecule has 7 heteroatoms. The van der Waals surface area contributed by atoms with Gasteiger partial charge in [0.05, 0.1) is 12.4 Å². The zero-order valence-corrected chi connectivity index (χ0v) is 15.1. The van der Waals surface area contributed by atoms with E-state index in [0.29, 0.717) is 0 Å². The lowest BCUT2D eigenvalue weighted by Crippen LogP contribution is -3.25. The summed E-state index contributed by atoms with van der Waals surface area (Å²) in [7, 11) is 2.29. The number of quaternary nitrogens is 2. The lowest BCUT2D eigenvalue weighted by molar-refractivity contribution is -0.975. The van der Waals surface area contributed by atoms with Crippen molar-refractivity contribution in [3.63, 3.8) is 0 Å². The lowest BCUT2D eigenvalue weighted by Gasteiger charge is -2.26. The maximum atomic E-state index is 4.69. The minimum absolute atomic E-state index is 0. The molecule has 1 aliphatic carbocycles. The van der Waals surface area contributed by atoms with Gasteiger partial charge in [0.15, 0.2) is 0 Å². The largest absolute Gasteiger partial charge is 1.00 e. The number of nitrogens with one attached hydrogen (secondary N) is 2. The second-order valence-electron chi connectivity index (χ2n) is 6.17. The Morgan fingerprint density at radius 3 is 2.50 bits per heavy atom. The Kier molecular flexibility index (Phi) is 6.02. The number of aryl methyl sites for hydroxylation is 2. The van der Waals surface area contributed by atoms with Crippen LogP contribution in [-0.2, 0) is 12.8 Å². The fourth-order valence-electron chi connectivity index (χ4n) is 3.57. The van der Waals surface area contributed by atoms with Crippen LogP contribution in [-0.4, -0.2) is 43.2 Å². The number of fused-ring (bicyclic) bond motifs is 3. The minimum Gasteiger partial charge on any atom is -1.00 e. The molecule has 0 saturated carbocycles. The summed E-state index contributed by atoms with van der Waals surface area (Å²) in [4.78, 5) is 15.2. The van der Waals surface area contributed by atoms with Crippen molar-refractivity contribution in [2.75, 3.05) is 33.2 Å². The van der Waals surface area contributed by atoms with Gasteiger partial charge in [-0.05, 0) is 31.2 Å². The molecular formula is C15H22Cl2N4S. The quantitative estimate of drug-likeness (QED) is 0.530. The standard InChI is InChI=1S/C15H20N4S.2ClH/c1-18-6-8-19(9-7-18)14-13-11-4-2-3-5-12(11)20-15(13)17-10-16-14;;/h10H,2-9H2,1H3;2*1H. The Bertz CT molecular complexity index is 638. The Balaban J connectivity index is 0.000000882. The van der Waals surface area contributed by atoms with Gasteiger partial charge in [-0.15, -0.1) is 11.3 Å². The SMILES string of the molecule is C[NH+]1CC[NH+](c2ncnc3sc4c(c23)CCCC4)CC1.[Cl-].[Cl-]. The van der Waals surface area contributed by atoms with Gasteiger partial charge in [0.2, 0.25) is 5.82 Å². The molecule has 1 fully saturated rings. The van der Waals surface area contributed by atoms with Crippen LogP contribution in [0.3, 0.4) is 0 Å². The van der Waals surface area contributed by atoms with Crippen LogP contribution in [0.25, 0.3) is 10.2 Å². The van der Waals surface area contributed by atoms with E-state index < -0.39 is 0 Å². The Labute approximate surface area is 147 Å². The summed E-state index contributed by atoms with van der Waals surface area (Å²) in [6.07, 6.45) is 6.92. The summed E-state index contributed by atoms with van der Waals surface area (Å²) in [6, 6.07) is 0. The number of halogens is 2. The van der Waals surface area contributed by atoms with Crippen LogP contribution in [0, 0.1) is 0 Å². The molecule has 0 spiro atoms. The number of likely N-dealkylation sites (N-methyl/N-ethyl adjacent to an activating group) is 1. The number of aromatic nitrogens is 2. The highest BCUT2D eigenvalue weighted by Gasteiger charge is 2.28. The van der Waals surface area contributed by atoms with Crippen molar-refractivity contribution in [3.8, 4) is 0 Å². The molecule has 1 aliphatic heterocycles. The van der Waals surface area contributed by atoms with Gasteiger partial charge in [0, 0.05) is 4.88 Å². The molecule has 2 aliphatic rings. The molecule has 4 rings (SSSR count). The van der Waals surface area contributed by atoms with Crippen molar-refractivity contribution in [3.05, 3.63) is 16.8 Å². The van der Waals surface area contributed by atoms with Gasteiger partial charge in [-0.3, -0.25) is 4.90 Å². The number of hydrogen-bond acceptors (Lipinski definition) is 3. The third kappa shape index (κ3) is 3.10. The highest BCUT2D eigenvalue weighted by atomic mass is 35.5. The molecule has 2 aromatic rings. The highest BCUT2D eigenvalue weighted by Crippen LogP contribution is 2.37. The minimum atomic E-state index is 0. The van der Waals surface area contributed by atoms with Gasteiger partial charge in [0.25, 0.3) is 0 Å². The molecule has 0 bridgehead atoms. The maximum Gasteiger partial charge on any atom is 0.238 e. The molecule has 3 heterocycles. The van der Waals surface area contributed by atoms with Gasteiger partial charge in [-0.25, -0.2) is 4.98 Å². The van der Waals surface area contributed by atoms with Crippen LogP contribution >= 0.6 is 11.3 Å². The first-order chi connectivity index (χ1) is 9.83. The number of nitrogens with zero attached hydrogens (tertiary/aromatic N) is 2. The second kappa shape index (κ2) is 7.41. The molecule has 0 unspecified atom stereocenters. The van der Waals surface area contributed by atoms with Gasteiger partial charge in [0.1, 0.15) is 37.3 Å². The predicted molar refractivity (Wildman–Crippen MR) is 81.0 cm³/mol. The molecule has 0 aromatic carbocycles.